The van der Waals surface area contributed by atoms with Crippen LogP contribution in [0.5, 0.6) is 0 Å². The Morgan fingerprint density at radius 1 is 1.12 bits per heavy atom. The van der Waals surface area contributed by atoms with E-state index < -0.39 is 0 Å². The van der Waals surface area contributed by atoms with E-state index in [2.05, 4.69) is 50.3 Å². The third kappa shape index (κ3) is 6.30. The SMILES string of the molecule is CCCCCCCc1cccc(CC/C=C\[C@@H]2CSC([C@@H]3C[C@@H]3C)=N2)c1. The summed E-state index contributed by atoms with van der Waals surface area (Å²) in [5, 5.41) is 1.43. The number of rotatable bonds is 11. The van der Waals surface area contributed by atoms with Crippen molar-refractivity contribution in [1.29, 1.82) is 0 Å². The number of thioether (sulfide) groups is 1. The van der Waals surface area contributed by atoms with Gasteiger partial charge in [0.2, 0.25) is 0 Å². The van der Waals surface area contributed by atoms with Gasteiger partial charge in [0.1, 0.15) is 0 Å². The fourth-order valence-corrected chi connectivity index (χ4v) is 5.03. The van der Waals surface area contributed by atoms with E-state index in [1.807, 2.05) is 11.8 Å². The number of nitrogens with zero attached hydrogens (tertiary/aromatic N) is 1. The predicted octanol–water partition coefficient (Wildman–Crippen LogP) is 6.86. The van der Waals surface area contributed by atoms with Gasteiger partial charge in [0.05, 0.1) is 11.1 Å². The zero-order valence-electron chi connectivity index (χ0n) is 16.6. The molecule has 1 nitrogen and oxygen atoms in total. The van der Waals surface area contributed by atoms with E-state index in [9.17, 15) is 0 Å². The third-order valence-electron chi connectivity index (χ3n) is 5.64. The third-order valence-corrected chi connectivity index (χ3v) is 6.85. The molecular weight excluding hydrogens is 334 g/mol. The molecule has 0 saturated heterocycles. The standard InChI is InChI=1S/C24H35NS/c1-3-4-5-6-7-11-20-13-10-14-21(17-20)12-8-9-15-22-18-26-24(25-22)23-16-19(23)2/h9-10,13-15,17,19,22-23H,3-8,11-12,16,18H2,1-2H3/b15-9-/t19-,22+,23+/m0/s1. The van der Waals surface area contributed by atoms with Crippen LogP contribution in [0.1, 0.15) is 69.9 Å². The molecule has 1 saturated carbocycles. The Labute approximate surface area is 164 Å². The zero-order valence-corrected chi connectivity index (χ0v) is 17.4. The molecule has 1 heterocycles. The molecule has 0 aromatic heterocycles. The van der Waals surface area contributed by atoms with Gasteiger partial charge in [0, 0.05) is 11.7 Å². The van der Waals surface area contributed by atoms with Crippen LogP contribution in [0.2, 0.25) is 0 Å². The summed E-state index contributed by atoms with van der Waals surface area (Å²) in [4.78, 5) is 4.91. The van der Waals surface area contributed by atoms with Crippen LogP contribution in [-0.2, 0) is 12.8 Å². The van der Waals surface area contributed by atoms with Crippen molar-refractivity contribution in [2.75, 3.05) is 5.75 Å². The molecule has 0 N–H and O–H groups in total. The minimum atomic E-state index is 0.428. The van der Waals surface area contributed by atoms with E-state index in [0.29, 0.717) is 6.04 Å². The quantitative estimate of drug-likeness (QED) is 0.306. The van der Waals surface area contributed by atoms with Gasteiger partial charge in [-0.05, 0) is 49.1 Å². The largest absolute Gasteiger partial charge is 0.274 e. The number of aryl methyl sites for hydroxylation is 2. The monoisotopic (exact) mass is 369 g/mol. The topological polar surface area (TPSA) is 12.4 Å². The molecule has 0 unspecified atom stereocenters. The smallest absolute Gasteiger partial charge is 0.0783 e. The van der Waals surface area contributed by atoms with Crippen LogP contribution in [0.3, 0.4) is 0 Å². The van der Waals surface area contributed by atoms with Crippen LogP contribution in [0, 0.1) is 11.8 Å². The Balaban J connectivity index is 1.37. The lowest BCUT2D eigenvalue weighted by Crippen LogP contribution is -1.98. The van der Waals surface area contributed by atoms with Crippen molar-refractivity contribution in [2.45, 2.75) is 77.7 Å². The molecule has 26 heavy (non-hydrogen) atoms. The van der Waals surface area contributed by atoms with E-state index in [4.69, 9.17) is 4.99 Å². The highest BCUT2D eigenvalue weighted by Gasteiger charge is 2.39. The van der Waals surface area contributed by atoms with Crippen molar-refractivity contribution in [3.63, 3.8) is 0 Å². The van der Waals surface area contributed by atoms with Gasteiger partial charge in [-0.3, -0.25) is 4.99 Å². The molecule has 0 spiro atoms. The van der Waals surface area contributed by atoms with Crippen molar-refractivity contribution in [2.24, 2.45) is 16.8 Å². The Morgan fingerprint density at radius 2 is 1.88 bits per heavy atom. The molecule has 0 radical (unpaired) electrons. The second-order valence-corrected chi connectivity index (χ2v) is 9.16. The Morgan fingerprint density at radius 3 is 2.65 bits per heavy atom. The molecule has 3 rings (SSSR count). The van der Waals surface area contributed by atoms with Crippen molar-refractivity contribution < 1.29 is 0 Å². The molecule has 1 aromatic carbocycles. The molecule has 3 atom stereocenters. The fraction of sp³-hybridized carbons (Fsp3) is 0.625. The summed E-state index contributed by atoms with van der Waals surface area (Å²) < 4.78 is 0. The lowest BCUT2D eigenvalue weighted by Gasteiger charge is -2.05. The summed E-state index contributed by atoms with van der Waals surface area (Å²) in [6.45, 7) is 4.62. The van der Waals surface area contributed by atoms with Crippen molar-refractivity contribution in [1.82, 2.24) is 0 Å². The van der Waals surface area contributed by atoms with Gasteiger partial charge in [-0.2, -0.15) is 0 Å². The van der Waals surface area contributed by atoms with Crippen molar-refractivity contribution in [3.8, 4) is 0 Å². The van der Waals surface area contributed by atoms with Crippen LogP contribution >= 0.6 is 11.8 Å². The summed E-state index contributed by atoms with van der Waals surface area (Å²) >= 11 is 1.99. The number of aliphatic imine (C=N–C) groups is 1. The first kappa shape index (κ1) is 19.7. The summed E-state index contributed by atoms with van der Waals surface area (Å²) in [6.07, 6.45) is 16.4. The minimum absolute atomic E-state index is 0.428. The van der Waals surface area contributed by atoms with Crippen molar-refractivity contribution >= 4 is 16.8 Å². The highest BCUT2D eigenvalue weighted by molar-refractivity contribution is 8.14. The first-order chi connectivity index (χ1) is 12.8. The molecule has 1 aromatic rings. The highest BCUT2D eigenvalue weighted by Crippen LogP contribution is 2.44. The fourth-order valence-electron chi connectivity index (χ4n) is 3.75. The van der Waals surface area contributed by atoms with Gasteiger partial charge in [0.25, 0.3) is 0 Å². The molecule has 1 fully saturated rings. The van der Waals surface area contributed by atoms with E-state index >= 15 is 0 Å². The van der Waals surface area contributed by atoms with E-state index in [1.54, 1.807) is 0 Å². The maximum Gasteiger partial charge on any atom is 0.0783 e. The van der Waals surface area contributed by atoms with Gasteiger partial charge >= 0.3 is 0 Å². The van der Waals surface area contributed by atoms with E-state index in [0.717, 1.165) is 30.4 Å². The average Bonchev–Trinajstić information content (AvgIpc) is 3.19. The molecule has 0 amide bonds. The van der Waals surface area contributed by atoms with Crippen LogP contribution in [0.15, 0.2) is 41.4 Å². The Bertz CT molecular complexity index is 618. The molecule has 0 bridgehead atoms. The van der Waals surface area contributed by atoms with Crippen LogP contribution < -0.4 is 0 Å². The normalized spacial score (nSPS) is 25.0. The lowest BCUT2D eigenvalue weighted by molar-refractivity contribution is 0.632. The zero-order chi connectivity index (χ0) is 18.2. The molecule has 1 aliphatic carbocycles. The number of benzene rings is 1. The number of allylic oxidation sites excluding steroid dienone is 1. The molecule has 2 heteroatoms. The highest BCUT2D eigenvalue weighted by atomic mass is 32.2. The summed E-state index contributed by atoms with van der Waals surface area (Å²) in [7, 11) is 0. The molecular formula is C24H35NS. The maximum atomic E-state index is 4.91. The average molecular weight is 370 g/mol. The van der Waals surface area contributed by atoms with Gasteiger partial charge in [-0.25, -0.2) is 0 Å². The summed E-state index contributed by atoms with van der Waals surface area (Å²) in [6, 6.07) is 9.66. The molecule has 2 aliphatic rings. The van der Waals surface area contributed by atoms with Gasteiger partial charge in [0.15, 0.2) is 0 Å². The number of unbranched alkanes of at least 4 members (excludes halogenated alkanes) is 4. The summed E-state index contributed by atoms with van der Waals surface area (Å²) in [5.74, 6) is 2.83. The van der Waals surface area contributed by atoms with Gasteiger partial charge in [-0.1, -0.05) is 75.9 Å². The van der Waals surface area contributed by atoms with Gasteiger partial charge < -0.3 is 0 Å². The maximum absolute atomic E-state index is 4.91. The second-order valence-electron chi connectivity index (χ2n) is 8.12. The predicted molar refractivity (Wildman–Crippen MR) is 117 cm³/mol. The van der Waals surface area contributed by atoms with E-state index in [-0.39, 0.29) is 0 Å². The number of hydrogen-bond donors (Lipinski definition) is 0. The minimum Gasteiger partial charge on any atom is -0.274 e. The first-order valence-electron chi connectivity index (χ1n) is 10.7. The molecule has 142 valence electrons. The lowest BCUT2D eigenvalue weighted by atomic mass is 10.0. The Kier molecular flexibility index (Phi) is 7.85. The Hall–Kier alpha value is -1.02. The van der Waals surface area contributed by atoms with Crippen LogP contribution in [-0.4, -0.2) is 16.8 Å². The van der Waals surface area contributed by atoms with E-state index in [1.165, 1.54) is 61.1 Å². The first-order valence-corrected chi connectivity index (χ1v) is 11.7. The van der Waals surface area contributed by atoms with Crippen LogP contribution in [0.25, 0.3) is 0 Å². The van der Waals surface area contributed by atoms with Crippen LogP contribution in [0.4, 0.5) is 0 Å². The van der Waals surface area contributed by atoms with Gasteiger partial charge in [-0.15, -0.1) is 11.8 Å². The number of hydrogen-bond acceptors (Lipinski definition) is 2. The second kappa shape index (κ2) is 10.3. The van der Waals surface area contributed by atoms with Crippen molar-refractivity contribution in [3.05, 3.63) is 47.5 Å². The summed E-state index contributed by atoms with van der Waals surface area (Å²) in [5.41, 5.74) is 3.00. The molecule has 1 aliphatic heterocycles.